The van der Waals surface area contributed by atoms with E-state index < -0.39 is 86.8 Å². The van der Waals surface area contributed by atoms with Crippen LogP contribution in [0.4, 0.5) is 0 Å². The third kappa shape index (κ3) is 25.0. The summed E-state index contributed by atoms with van der Waals surface area (Å²) in [5.41, 5.74) is 0. The molecule has 0 aliphatic carbocycles. The second-order valence-corrected chi connectivity index (χ2v) is 17.2. The molecule has 0 radical (unpaired) electrons. The lowest BCUT2D eigenvalue weighted by Crippen LogP contribution is -2.65. The molecule has 0 bridgehead atoms. The highest BCUT2D eigenvalue weighted by atomic mass is 16.7. The number of amides is 1. The van der Waals surface area contributed by atoms with Crippen molar-refractivity contribution >= 4 is 5.91 Å². The molecule has 12 atom stereocenters. The largest absolute Gasteiger partial charge is 0.394 e. The molecule has 0 aromatic heterocycles. The third-order valence-corrected chi connectivity index (χ3v) is 11.6. The maximum atomic E-state index is 13.1. The average Bonchev–Trinajstić information content (AvgIpc) is 3.31. The van der Waals surface area contributed by atoms with Crippen molar-refractivity contribution < 1.29 is 64.6 Å². The van der Waals surface area contributed by atoms with Crippen molar-refractivity contribution in [3.63, 3.8) is 0 Å². The Kier molecular flexibility index (Phi) is 34.2. The van der Waals surface area contributed by atoms with Crippen LogP contribution in [0.2, 0.25) is 0 Å². The highest BCUT2D eigenvalue weighted by Gasteiger charge is 2.51. The molecule has 66 heavy (non-hydrogen) atoms. The fourth-order valence-electron chi connectivity index (χ4n) is 7.58. The number of hydrogen-bond acceptors (Lipinski definition) is 13. The van der Waals surface area contributed by atoms with E-state index in [2.05, 4.69) is 98.2 Å². The van der Waals surface area contributed by atoms with Gasteiger partial charge in [-0.15, -0.1) is 0 Å². The SMILES string of the molecule is CC/C=C\C/C=C\C/C=C\C/C=C\C/C=C\C/C=C\C/C=C\CCCC(=O)NC(COC1OC(CO)C(OC2OC(CO)C(O)C(O)C2O)C(O)C1O)C(O)CCCCCCCCCCC. The lowest BCUT2D eigenvalue weighted by molar-refractivity contribution is -0.359. The first-order valence-corrected chi connectivity index (χ1v) is 24.8. The van der Waals surface area contributed by atoms with Crippen molar-refractivity contribution in [2.45, 2.75) is 216 Å². The molecule has 378 valence electrons. The van der Waals surface area contributed by atoms with Gasteiger partial charge in [-0.1, -0.05) is 157 Å². The van der Waals surface area contributed by atoms with E-state index >= 15 is 0 Å². The van der Waals surface area contributed by atoms with Crippen LogP contribution in [0.15, 0.2) is 85.1 Å². The van der Waals surface area contributed by atoms with Crippen LogP contribution in [0, 0.1) is 0 Å². The fourth-order valence-corrected chi connectivity index (χ4v) is 7.58. The molecule has 0 aromatic rings. The predicted octanol–water partition coefficient (Wildman–Crippen LogP) is 6.21. The molecule has 0 saturated carbocycles. The molecule has 0 spiro atoms. The lowest BCUT2D eigenvalue weighted by atomic mass is 9.97. The van der Waals surface area contributed by atoms with Crippen molar-refractivity contribution in [1.29, 1.82) is 0 Å². The van der Waals surface area contributed by atoms with Crippen molar-refractivity contribution in [3.05, 3.63) is 85.1 Å². The van der Waals surface area contributed by atoms with Gasteiger partial charge in [0.2, 0.25) is 5.91 Å². The van der Waals surface area contributed by atoms with Gasteiger partial charge in [-0.3, -0.25) is 4.79 Å². The van der Waals surface area contributed by atoms with Gasteiger partial charge in [0.1, 0.15) is 48.8 Å². The van der Waals surface area contributed by atoms with Crippen molar-refractivity contribution in [2.24, 2.45) is 0 Å². The van der Waals surface area contributed by atoms with Crippen LogP contribution < -0.4 is 5.32 Å². The van der Waals surface area contributed by atoms with Gasteiger partial charge in [-0.05, 0) is 64.2 Å². The summed E-state index contributed by atoms with van der Waals surface area (Å²) >= 11 is 0. The first kappa shape index (κ1) is 59.3. The number of unbranched alkanes of at least 4 members (excludes halogenated alkanes) is 9. The maximum absolute atomic E-state index is 13.1. The summed E-state index contributed by atoms with van der Waals surface area (Å²) in [5.74, 6) is -0.272. The molecule has 2 aliphatic heterocycles. The highest BCUT2D eigenvalue weighted by Crippen LogP contribution is 2.30. The normalized spacial score (nSPS) is 27.5. The van der Waals surface area contributed by atoms with Gasteiger partial charge in [0.15, 0.2) is 12.6 Å². The minimum Gasteiger partial charge on any atom is -0.394 e. The standard InChI is InChI=1S/C52H87NO13/c1-3-5-7-9-11-13-14-15-16-17-18-19-20-21-22-23-24-25-26-28-30-32-34-36-44(57)53-40(41(56)35-33-31-29-27-12-10-8-6-4-2)39-63-51-49(62)47(60)50(43(38-55)65-51)66-52-48(61)46(59)45(58)42(37-54)64-52/h5,7,11,13,15-16,18-19,21-22,24-25,28,30,40-43,45-52,54-56,58-62H,3-4,6,8-10,12,14,17,20,23,26-27,29,31-39H2,1-2H3,(H,53,57)/b7-5-,13-11-,16-15-,19-18-,22-21-,25-24-,30-28-. The Hall–Kier alpha value is -2.83. The van der Waals surface area contributed by atoms with Gasteiger partial charge in [-0.2, -0.15) is 0 Å². The number of nitrogens with one attached hydrogen (secondary N) is 1. The van der Waals surface area contributed by atoms with Crippen LogP contribution in [0.25, 0.3) is 0 Å². The van der Waals surface area contributed by atoms with Crippen LogP contribution in [0.5, 0.6) is 0 Å². The zero-order valence-corrected chi connectivity index (χ0v) is 39.9. The van der Waals surface area contributed by atoms with E-state index in [1.807, 2.05) is 6.08 Å². The Balaban J connectivity index is 1.82. The summed E-state index contributed by atoms with van der Waals surface area (Å²) < 4.78 is 22.6. The predicted molar refractivity (Wildman–Crippen MR) is 258 cm³/mol. The number of carbonyl (C=O) groups excluding carboxylic acids is 1. The van der Waals surface area contributed by atoms with Gasteiger partial charge < -0.3 is 65.1 Å². The number of hydrogen-bond donors (Lipinski definition) is 9. The minimum atomic E-state index is -1.79. The number of rotatable bonds is 36. The lowest BCUT2D eigenvalue weighted by Gasteiger charge is -2.46. The summed E-state index contributed by atoms with van der Waals surface area (Å²) in [5, 5.41) is 86.6. The van der Waals surface area contributed by atoms with E-state index in [-0.39, 0.29) is 18.9 Å². The average molecular weight is 934 g/mol. The molecule has 2 fully saturated rings. The molecule has 9 N–H and O–H groups in total. The van der Waals surface area contributed by atoms with E-state index in [4.69, 9.17) is 18.9 Å². The molecule has 2 heterocycles. The second kappa shape index (κ2) is 38.1. The zero-order valence-electron chi connectivity index (χ0n) is 39.9. The molecule has 0 aromatic carbocycles. The van der Waals surface area contributed by atoms with Crippen molar-refractivity contribution in [2.75, 3.05) is 19.8 Å². The smallest absolute Gasteiger partial charge is 0.220 e. The number of ether oxygens (including phenoxy) is 4. The monoisotopic (exact) mass is 934 g/mol. The summed E-state index contributed by atoms with van der Waals surface area (Å²) in [6.07, 6.45) is 31.8. The number of allylic oxidation sites excluding steroid dienone is 14. The third-order valence-electron chi connectivity index (χ3n) is 11.6. The maximum Gasteiger partial charge on any atom is 0.220 e. The molecule has 2 rings (SSSR count). The van der Waals surface area contributed by atoms with Crippen LogP contribution in [0.1, 0.15) is 142 Å². The Morgan fingerprint density at radius 1 is 0.561 bits per heavy atom. The van der Waals surface area contributed by atoms with Crippen LogP contribution >= 0.6 is 0 Å². The number of carbonyl (C=O) groups is 1. The highest BCUT2D eigenvalue weighted by molar-refractivity contribution is 5.76. The van der Waals surface area contributed by atoms with Crippen molar-refractivity contribution in [1.82, 2.24) is 5.32 Å². The number of aliphatic hydroxyl groups is 8. The number of aliphatic hydroxyl groups excluding tert-OH is 8. The molecule has 2 saturated heterocycles. The van der Waals surface area contributed by atoms with Crippen LogP contribution in [-0.2, 0) is 23.7 Å². The van der Waals surface area contributed by atoms with Gasteiger partial charge in [0.25, 0.3) is 0 Å². The Morgan fingerprint density at radius 3 is 1.55 bits per heavy atom. The van der Waals surface area contributed by atoms with E-state index in [0.717, 1.165) is 70.6 Å². The molecule has 12 unspecified atom stereocenters. The van der Waals surface area contributed by atoms with Gasteiger partial charge in [0.05, 0.1) is 32.0 Å². The molecule has 14 heteroatoms. The van der Waals surface area contributed by atoms with Crippen LogP contribution in [-0.4, -0.2) is 140 Å². The Bertz CT molecular complexity index is 1430. The zero-order chi connectivity index (χ0) is 48.2. The Labute approximate surface area is 395 Å². The van der Waals surface area contributed by atoms with E-state index in [0.29, 0.717) is 19.3 Å². The molecule has 2 aliphatic rings. The summed E-state index contributed by atoms with van der Waals surface area (Å²) in [7, 11) is 0. The van der Waals surface area contributed by atoms with Gasteiger partial charge >= 0.3 is 0 Å². The molecular weight excluding hydrogens is 847 g/mol. The second-order valence-electron chi connectivity index (χ2n) is 17.2. The van der Waals surface area contributed by atoms with Gasteiger partial charge in [0, 0.05) is 6.42 Å². The first-order valence-electron chi connectivity index (χ1n) is 24.8. The summed E-state index contributed by atoms with van der Waals surface area (Å²) in [6, 6.07) is -0.862. The van der Waals surface area contributed by atoms with E-state index in [1.165, 1.54) is 32.1 Å². The summed E-state index contributed by atoms with van der Waals surface area (Å²) in [4.78, 5) is 13.1. The topological polar surface area (TPSA) is 228 Å². The fraction of sp³-hybridized carbons (Fsp3) is 0.712. The summed E-state index contributed by atoms with van der Waals surface area (Å²) in [6.45, 7) is 2.63. The van der Waals surface area contributed by atoms with E-state index in [1.54, 1.807) is 0 Å². The van der Waals surface area contributed by atoms with Gasteiger partial charge in [-0.25, -0.2) is 0 Å². The van der Waals surface area contributed by atoms with Crippen molar-refractivity contribution in [3.8, 4) is 0 Å². The minimum absolute atomic E-state index is 0.219. The quantitative estimate of drug-likeness (QED) is 0.0252. The molecular formula is C52H87NO13. The first-order chi connectivity index (χ1) is 32.1. The Morgan fingerprint density at radius 2 is 1.03 bits per heavy atom. The van der Waals surface area contributed by atoms with Crippen LogP contribution in [0.3, 0.4) is 0 Å². The molecule has 1 amide bonds. The molecule has 14 nitrogen and oxygen atoms in total. The van der Waals surface area contributed by atoms with E-state index in [9.17, 15) is 45.6 Å².